The molecule has 18 heavy (non-hydrogen) atoms. The topological polar surface area (TPSA) is 46.2 Å². The minimum Gasteiger partial charge on any atom is -0.207 e. The van der Waals surface area contributed by atoms with E-state index in [0.717, 1.165) is 23.0 Å². The van der Waals surface area contributed by atoms with Gasteiger partial charge >= 0.3 is 0 Å². The molecule has 0 bridgehead atoms. The summed E-state index contributed by atoms with van der Waals surface area (Å²) < 4.78 is 28.4. The van der Waals surface area contributed by atoms with Crippen molar-refractivity contribution in [3.8, 4) is 0 Å². The molecular weight excluding hydrogens is 334 g/mol. The summed E-state index contributed by atoms with van der Waals surface area (Å²) in [6, 6.07) is 3.50. The summed E-state index contributed by atoms with van der Waals surface area (Å²) in [5.41, 5.74) is 0. The van der Waals surface area contributed by atoms with Gasteiger partial charge < -0.3 is 0 Å². The van der Waals surface area contributed by atoms with Crippen molar-refractivity contribution in [3.05, 3.63) is 15.9 Å². The third-order valence-electron chi connectivity index (χ3n) is 3.73. The zero-order valence-electron chi connectivity index (χ0n) is 10.5. The van der Waals surface area contributed by atoms with Crippen molar-refractivity contribution in [2.45, 2.75) is 43.4 Å². The summed E-state index contributed by atoms with van der Waals surface area (Å²) in [5.74, 6) is 1.28. The number of nitrogens with one attached hydrogen (secondary N) is 1. The van der Waals surface area contributed by atoms with E-state index in [-0.39, 0.29) is 6.04 Å². The van der Waals surface area contributed by atoms with Crippen molar-refractivity contribution in [2.24, 2.45) is 11.8 Å². The fourth-order valence-electron chi connectivity index (χ4n) is 2.37. The first kappa shape index (κ1) is 14.5. The van der Waals surface area contributed by atoms with Crippen LogP contribution in [0.5, 0.6) is 0 Å². The lowest BCUT2D eigenvalue weighted by atomic mass is 9.79. The second-order valence-corrected chi connectivity index (χ2v) is 9.55. The molecule has 3 unspecified atom stereocenters. The van der Waals surface area contributed by atoms with Gasteiger partial charge in [0.1, 0.15) is 4.21 Å². The van der Waals surface area contributed by atoms with E-state index < -0.39 is 10.0 Å². The van der Waals surface area contributed by atoms with Crippen LogP contribution >= 0.6 is 27.3 Å². The maximum atomic E-state index is 12.2. The normalized spacial score (nSPS) is 29.4. The molecule has 1 aliphatic rings. The van der Waals surface area contributed by atoms with Crippen molar-refractivity contribution >= 4 is 37.3 Å². The fraction of sp³-hybridized carbons (Fsp3) is 0.667. The first-order valence-corrected chi connectivity index (χ1v) is 9.25. The summed E-state index contributed by atoms with van der Waals surface area (Å²) in [6.45, 7) is 4.44. The number of thiophene rings is 1. The second-order valence-electron chi connectivity index (χ2n) is 5.14. The molecule has 0 aromatic carbocycles. The van der Waals surface area contributed by atoms with Gasteiger partial charge in [-0.15, -0.1) is 11.3 Å². The monoisotopic (exact) mass is 351 g/mol. The van der Waals surface area contributed by atoms with Crippen LogP contribution in [0.2, 0.25) is 0 Å². The van der Waals surface area contributed by atoms with E-state index in [1.54, 1.807) is 12.1 Å². The molecule has 3 nitrogen and oxygen atoms in total. The molecule has 0 spiro atoms. The molecule has 0 saturated heterocycles. The van der Waals surface area contributed by atoms with Gasteiger partial charge in [0, 0.05) is 6.04 Å². The van der Waals surface area contributed by atoms with Crippen LogP contribution in [0, 0.1) is 11.8 Å². The molecule has 1 saturated carbocycles. The van der Waals surface area contributed by atoms with Gasteiger partial charge in [-0.2, -0.15) is 0 Å². The van der Waals surface area contributed by atoms with E-state index in [1.807, 2.05) is 0 Å². The lowest BCUT2D eigenvalue weighted by Gasteiger charge is -2.32. The molecule has 0 radical (unpaired) electrons. The van der Waals surface area contributed by atoms with Crippen molar-refractivity contribution in [1.82, 2.24) is 4.72 Å². The molecule has 6 heteroatoms. The standard InChI is InChI=1S/C12H18BrNO2S2/c1-8-3-4-10(7-9(8)2)14-18(15,16)12-6-5-11(13)17-12/h5-6,8-10,14H,3-4,7H2,1-2H3. The molecule has 1 aliphatic carbocycles. The number of rotatable bonds is 3. The first-order valence-electron chi connectivity index (χ1n) is 6.16. The zero-order chi connectivity index (χ0) is 13.3. The van der Waals surface area contributed by atoms with Crippen LogP contribution in [0.4, 0.5) is 0 Å². The maximum absolute atomic E-state index is 12.2. The largest absolute Gasteiger partial charge is 0.250 e. The molecule has 0 amide bonds. The average molecular weight is 352 g/mol. The minimum absolute atomic E-state index is 0.0853. The Bertz CT molecular complexity index is 512. The van der Waals surface area contributed by atoms with Crippen LogP contribution in [0.1, 0.15) is 33.1 Å². The van der Waals surface area contributed by atoms with Crippen LogP contribution in [0.25, 0.3) is 0 Å². The van der Waals surface area contributed by atoms with Crippen LogP contribution in [0.3, 0.4) is 0 Å². The van der Waals surface area contributed by atoms with Crippen LogP contribution in [0.15, 0.2) is 20.1 Å². The summed E-state index contributed by atoms with van der Waals surface area (Å²) >= 11 is 4.54. The average Bonchev–Trinajstić information content (AvgIpc) is 2.71. The van der Waals surface area contributed by atoms with Gasteiger partial charge in [0.2, 0.25) is 10.0 Å². The quantitative estimate of drug-likeness (QED) is 0.903. The maximum Gasteiger partial charge on any atom is 0.250 e. The van der Waals surface area contributed by atoms with Crippen LogP contribution < -0.4 is 4.72 Å². The Labute approximate surface area is 121 Å². The third kappa shape index (κ3) is 3.35. The van der Waals surface area contributed by atoms with Crippen molar-refractivity contribution in [3.63, 3.8) is 0 Å². The highest BCUT2D eigenvalue weighted by Gasteiger charge is 2.28. The molecule has 0 aliphatic heterocycles. The Morgan fingerprint density at radius 2 is 2.00 bits per heavy atom. The van der Waals surface area contributed by atoms with Gasteiger partial charge in [0.05, 0.1) is 3.79 Å². The molecule has 1 heterocycles. The molecule has 3 atom stereocenters. The van der Waals surface area contributed by atoms with E-state index in [0.29, 0.717) is 16.0 Å². The first-order chi connectivity index (χ1) is 8.38. The summed E-state index contributed by atoms with van der Waals surface area (Å²) in [4.78, 5) is 0. The highest BCUT2D eigenvalue weighted by Crippen LogP contribution is 2.31. The SMILES string of the molecule is CC1CCC(NS(=O)(=O)c2ccc(Br)s2)CC1C. The number of hydrogen-bond acceptors (Lipinski definition) is 3. The van der Waals surface area contributed by atoms with Crippen molar-refractivity contribution in [1.29, 1.82) is 0 Å². The van der Waals surface area contributed by atoms with E-state index in [9.17, 15) is 8.42 Å². The predicted octanol–water partition coefficient (Wildman–Crippen LogP) is 3.61. The summed E-state index contributed by atoms with van der Waals surface area (Å²) in [5, 5.41) is 0. The molecule has 102 valence electrons. The van der Waals surface area contributed by atoms with Gasteiger partial charge in [-0.05, 0) is 59.2 Å². The number of sulfonamides is 1. The molecular formula is C12H18BrNO2S2. The minimum atomic E-state index is -3.34. The Balaban J connectivity index is 2.05. The Morgan fingerprint density at radius 1 is 1.28 bits per heavy atom. The number of hydrogen-bond donors (Lipinski definition) is 1. The third-order valence-corrected chi connectivity index (χ3v) is 7.37. The highest BCUT2D eigenvalue weighted by atomic mass is 79.9. The van der Waals surface area contributed by atoms with E-state index >= 15 is 0 Å². The van der Waals surface area contributed by atoms with Crippen molar-refractivity contribution < 1.29 is 8.42 Å². The lowest BCUT2D eigenvalue weighted by Crippen LogP contribution is -2.39. The Kier molecular flexibility index (Phi) is 4.52. The van der Waals surface area contributed by atoms with Gasteiger partial charge in [-0.25, -0.2) is 13.1 Å². The second kappa shape index (κ2) is 5.61. The smallest absolute Gasteiger partial charge is 0.207 e. The lowest BCUT2D eigenvalue weighted by molar-refractivity contribution is 0.242. The Morgan fingerprint density at radius 3 is 2.56 bits per heavy atom. The molecule has 2 rings (SSSR count). The summed E-state index contributed by atoms with van der Waals surface area (Å²) in [7, 11) is -3.34. The molecule has 1 aromatic heterocycles. The Hall–Kier alpha value is 0.0900. The van der Waals surface area contributed by atoms with Crippen LogP contribution in [-0.4, -0.2) is 14.5 Å². The molecule has 1 fully saturated rings. The van der Waals surface area contributed by atoms with Gasteiger partial charge in [-0.3, -0.25) is 0 Å². The van der Waals surface area contributed by atoms with E-state index in [4.69, 9.17) is 0 Å². The highest BCUT2D eigenvalue weighted by molar-refractivity contribution is 9.11. The van der Waals surface area contributed by atoms with Crippen LogP contribution in [-0.2, 0) is 10.0 Å². The summed E-state index contributed by atoms with van der Waals surface area (Å²) in [6.07, 6.45) is 2.98. The van der Waals surface area contributed by atoms with Gasteiger partial charge in [0.25, 0.3) is 0 Å². The van der Waals surface area contributed by atoms with E-state index in [2.05, 4.69) is 34.5 Å². The molecule has 1 aromatic rings. The fourth-order valence-corrected chi connectivity index (χ4v) is 5.68. The zero-order valence-corrected chi connectivity index (χ0v) is 13.7. The van der Waals surface area contributed by atoms with Gasteiger partial charge in [0.15, 0.2) is 0 Å². The van der Waals surface area contributed by atoms with E-state index in [1.165, 1.54) is 11.3 Å². The van der Waals surface area contributed by atoms with Crippen molar-refractivity contribution in [2.75, 3.05) is 0 Å². The molecule has 1 N–H and O–H groups in total. The number of halogens is 1. The van der Waals surface area contributed by atoms with Gasteiger partial charge in [-0.1, -0.05) is 13.8 Å². The predicted molar refractivity (Wildman–Crippen MR) is 78.3 cm³/mol.